The fourth-order valence-corrected chi connectivity index (χ4v) is 6.72. The SMILES string of the molecule is CCCCCCCCCCCCCC[N+]12CCN3CCN4CCN(CC1)C2C43.[I-]. The van der Waals surface area contributed by atoms with Crippen LogP contribution in [0.1, 0.15) is 84.0 Å². The Labute approximate surface area is 198 Å². The normalized spacial score (nSPS) is 31.8. The zero-order valence-electron chi connectivity index (χ0n) is 19.2. The summed E-state index contributed by atoms with van der Waals surface area (Å²) in [4.78, 5) is 8.47. The van der Waals surface area contributed by atoms with Gasteiger partial charge >= 0.3 is 0 Å². The summed E-state index contributed by atoms with van der Waals surface area (Å²) in [6.45, 7) is 14.6. The molecule has 0 amide bonds. The van der Waals surface area contributed by atoms with Crippen LogP contribution in [0.3, 0.4) is 0 Å². The number of halogens is 1. The Bertz CT molecular complexity index is 470. The highest BCUT2D eigenvalue weighted by Gasteiger charge is 2.59. The summed E-state index contributed by atoms with van der Waals surface area (Å²) in [5.41, 5.74) is 0. The minimum absolute atomic E-state index is 0. The quantitative estimate of drug-likeness (QED) is 0.206. The molecule has 4 heterocycles. The average Bonchev–Trinajstić information content (AvgIpc) is 3.29. The Balaban J connectivity index is 0.00000240. The first kappa shape index (κ1) is 24.2. The van der Waals surface area contributed by atoms with Crippen LogP contribution in [0.5, 0.6) is 0 Å². The molecule has 4 aliphatic rings. The van der Waals surface area contributed by atoms with Gasteiger partial charge in [0.1, 0.15) is 6.17 Å². The monoisotopic (exact) mass is 518 g/mol. The van der Waals surface area contributed by atoms with E-state index in [4.69, 9.17) is 0 Å². The molecule has 0 bridgehead atoms. The second-order valence-corrected chi connectivity index (χ2v) is 10.2. The summed E-state index contributed by atoms with van der Waals surface area (Å²) in [7, 11) is 0. The van der Waals surface area contributed by atoms with Crippen molar-refractivity contribution >= 4 is 0 Å². The van der Waals surface area contributed by atoms with Crippen LogP contribution in [0.2, 0.25) is 0 Å². The molecule has 0 aromatic heterocycles. The molecular weight excluding hydrogens is 471 g/mol. The van der Waals surface area contributed by atoms with Gasteiger partial charge in [-0.15, -0.1) is 0 Å². The third kappa shape index (κ3) is 5.68. The maximum Gasteiger partial charge on any atom is 0.175 e. The lowest BCUT2D eigenvalue weighted by molar-refractivity contribution is -0.954. The molecule has 0 spiro atoms. The van der Waals surface area contributed by atoms with Crippen LogP contribution < -0.4 is 24.0 Å². The average molecular weight is 519 g/mol. The standard InChI is InChI=1S/C24H47N4.HI/c1-2-3-4-5-6-7-8-9-10-11-12-13-20-28-21-18-26-15-14-25-16-17-27(19-22-28)24(28)23(25)26;/h23-24H,2-22H2,1H3;1H/q+1;/p-1. The Morgan fingerprint density at radius 1 is 0.586 bits per heavy atom. The fraction of sp³-hybridized carbons (Fsp3) is 1.00. The number of rotatable bonds is 13. The highest BCUT2D eigenvalue weighted by molar-refractivity contribution is 4.97. The zero-order valence-corrected chi connectivity index (χ0v) is 21.3. The molecule has 0 radical (unpaired) electrons. The summed E-state index contributed by atoms with van der Waals surface area (Å²) in [6, 6.07) is 0. The Kier molecular flexibility index (Phi) is 10.0. The summed E-state index contributed by atoms with van der Waals surface area (Å²) in [5, 5.41) is 0. The molecule has 5 heteroatoms. The van der Waals surface area contributed by atoms with Crippen molar-refractivity contribution < 1.29 is 28.5 Å². The number of unbranched alkanes of at least 4 members (excludes halogenated alkanes) is 11. The van der Waals surface area contributed by atoms with Crippen molar-refractivity contribution in [3.63, 3.8) is 0 Å². The first-order valence-corrected chi connectivity index (χ1v) is 12.9. The third-order valence-electron chi connectivity index (χ3n) is 8.42. The molecule has 0 aromatic rings. The zero-order chi connectivity index (χ0) is 19.2. The molecule has 170 valence electrons. The van der Waals surface area contributed by atoms with Crippen LogP contribution in [-0.4, -0.2) is 90.4 Å². The summed E-state index contributed by atoms with van der Waals surface area (Å²) >= 11 is 0. The molecule has 4 rings (SSSR count). The van der Waals surface area contributed by atoms with Crippen LogP contribution in [0.15, 0.2) is 0 Å². The van der Waals surface area contributed by atoms with Crippen LogP contribution in [-0.2, 0) is 0 Å². The number of quaternary nitrogens is 1. The Morgan fingerprint density at radius 3 is 1.62 bits per heavy atom. The molecule has 0 saturated carbocycles. The first-order valence-electron chi connectivity index (χ1n) is 12.9. The van der Waals surface area contributed by atoms with E-state index in [1.165, 1.54) is 140 Å². The van der Waals surface area contributed by atoms with Crippen molar-refractivity contribution in [3.05, 3.63) is 0 Å². The molecule has 3 atom stereocenters. The topological polar surface area (TPSA) is 9.72 Å². The number of hydrogen-bond donors (Lipinski definition) is 0. The molecule has 0 N–H and O–H groups in total. The van der Waals surface area contributed by atoms with Gasteiger partial charge in [-0.1, -0.05) is 71.1 Å². The van der Waals surface area contributed by atoms with Crippen molar-refractivity contribution in [2.75, 3.05) is 58.9 Å². The maximum absolute atomic E-state index is 2.86. The predicted octanol–water partition coefficient (Wildman–Crippen LogP) is 1.12. The molecule has 29 heavy (non-hydrogen) atoms. The predicted molar refractivity (Wildman–Crippen MR) is 118 cm³/mol. The minimum Gasteiger partial charge on any atom is -1.00 e. The maximum atomic E-state index is 2.86. The van der Waals surface area contributed by atoms with E-state index in [2.05, 4.69) is 21.6 Å². The largest absolute Gasteiger partial charge is 1.00 e. The minimum atomic E-state index is 0. The highest BCUT2D eigenvalue weighted by Crippen LogP contribution is 2.39. The lowest BCUT2D eigenvalue weighted by Crippen LogP contribution is -3.00. The molecule has 0 aliphatic carbocycles. The molecule has 4 aliphatic heterocycles. The molecule has 3 unspecified atom stereocenters. The van der Waals surface area contributed by atoms with Gasteiger partial charge in [0.2, 0.25) is 0 Å². The van der Waals surface area contributed by atoms with E-state index in [-0.39, 0.29) is 24.0 Å². The third-order valence-corrected chi connectivity index (χ3v) is 8.42. The summed E-state index contributed by atoms with van der Waals surface area (Å²) in [5.74, 6) is 0. The van der Waals surface area contributed by atoms with Gasteiger partial charge in [0.25, 0.3) is 0 Å². The lowest BCUT2D eigenvalue weighted by Gasteiger charge is -2.54. The molecule has 4 fully saturated rings. The van der Waals surface area contributed by atoms with Crippen LogP contribution in [0.25, 0.3) is 0 Å². The van der Waals surface area contributed by atoms with Crippen molar-refractivity contribution in [3.8, 4) is 0 Å². The van der Waals surface area contributed by atoms with Crippen LogP contribution in [0, 0.1) is 0 Å². The van der Waals surface area contributed by atoms with E-state index >= 15 is 0 Å². The Morgan fingerprint density at radius 2 is 1.03 bits per heavy atom. The van der Waals surface area contributed by atoms with Crippen LogP contribution in [0.4, 0.5) is 0 Å². The van der Waals surface area contributed by atoms with Gasteiger partial charge in [-0.3, -0.25) is 9.80 Å². The fourth-order valence-electron chi connectivity index (χ4n) is 6.72. The van der Waals surface area contributed by atoms with Gasteiger partial charge in [-0.2, -0.15) is 0 Å². The molecule has 0 aromatic carbocycles. The van der Waals surface area contributed by atoms with E-state index < -0.39 is 0 Å². The molecule has 4 saturated heterocycles. The van der Waals surface area contributed by atoms with E-state index in [9.17, 15) is 0 Å². The van der Waals surface area contributed by atoms with Crippen LogP contribution >= 0.6 is 0 Å². The smallest absolute Gasteiger partial charge is 0.175 e. The van der Waals surface area contributed by atoms with E-state index in [1.807, 2.05) is 0 Å². The second-order valence-electron chi connectivity index (χ2n) is 10.2. The van der Waals surface area contributed by atoms with Crippen molar-refractivity contribution in [1.82, 2.24) is 14.7 Å². The number of hydrogen-bond acceptors (Lipinski definition) is 3. The van der Waals surface area contributed by atoms with E-state index in [1.54, 1.807) is 0 Å². The first-order chi connectivity index (χ1) is 13.8. The van der Waals surface area contributed by atoms with Crippen molar-refractivity contribution in [2.24, 2.45) is 0 Å². The van der Waals surface area contributed by atoms with Gasteiger partial charge in [0, 0.05) is 32.7 Å². The van der Waals surface area contributed by atoms with Gasteiger partial charge in [0.15, 0.2) is 6.17 Å². The van der Waals surface area contributed by atoms with Gasteiger partial charge in [0.05, 0.1) is 26.2 Å². The molecule has 4 nitrogen and oxygen atoms in total. The van der Waals surface area contributed by atoms with Gasteiger partial charge in [-0.25, -0.2) is 4.90 Å². The van der Waals surface area contributed by atoms with Gasteiger partial charge in [-0.05, 0) is 12.8 Å². The summed E-state index contributed by atoms with van der Waals surface area (Å²) < 4.78 is 1.44. The lowest BCUT2D eigenvalue weighted by atomic mass is 10.0. The number of nitrogens with zero attached hydrogens (tertiary/aromatic N) is 4. The van der Waals surface area contributed by atoms with E-state index in [0.29, 0.717) is 0 Å². The molecular formula is C24H47IN4. The summed E-state index contributed by atoms with van der Waals surface area (Å²) in [6.07, 6.45) is 19.1. The van der Waals surface area contributed by atoms with Crippen molar-refractivity contribution in [2.45, 2.75) is 96.3 Å². The van der Waals surface area contributed by atoms with Gasteiger partial charge < -0.3 is 28.5 Å². The van der Waals surface area contributed by atoms with E-state index in [0.717, 1.165) is 12.3 Å². The van der Waals surface area contributed by atoms with Crippen molar-refractivity contribution in [1.29, 1.82) is 0 Å². The highest BCUT2D eigenvalue weighted by atomic mass is 127. The number of piperazine rings is 2. The Hall–Kier alpha value is 0.570. The second kappa shape index (κ2) is 12.0.